The lowest BCUT2D eigenvalue weighted by atomic mass is 9.76. The van der Waals surface area contributed by atoms with Crippen LogP contribution in [-0.4, -0.2) is 43.8 Å². The minimum absolute atomic E-state index is 0.537. The Hall–Kier alpha value is -3.02. The molecule has 2 aromatic rings. The molecule has 0 aliphatic heterocycles. The molecule has 4 radical (unpaired) electrons. The van der Waals surface area contributed by atoms with Gasteiger partial charge in [0, 0.05) is 6.07 Å². The van der Waals surface area contributed by atoms with E-state index < -0.39 is 63.8 Å². The van der Waals surface area contributed by atoms with Gasteiger partial charge < -0.3 is 24.4 Å². The normalized spacial score (nSPS) is 12.4. The van der Waals surface area contributed by atoms with Crippen LogP contribution in [0.15, 0.2) is 30.3 Å². The van der Waals surface area contributed by atoms with E-state index in [1.165, 1.54) is 0 Å². The maximum atomic E-state index is 13.1. The number of carbonyl (C=O) groups is 1. The molecule has 6 nitrogen and oxygen atoms in total. The molecule has 0 saturated heterocycles. The van der Waals surface area contributed by atoms with E-state index in [9.17, 15) is 41.4 Å². The van der Waals surface area contributed by atoms with Crippen LogP contribution in [0.25, 0.3) is 0 Å². The van der Waals surface area contributed by atoms with Crippen molar-refractivity contribution in [3.05, 3.63) is 47.0 Å². The van der Waals surface area contributed by atoms with E-state index >= 15 is 0 Å². The first-order valence-electron chi connectivity index (χ1n) is 7.99. The number of benzene rings is 2. The standard InChI is InChI=1S/C17H10B2F6O6/c1-7-9(15(20,21)22)3-5-11(13(7)14(26)27)29-10-4-2-8(30-17(23,24)25)6-12(10)31-16(18,19)28/h2-6,28H,1H3,(H,26,27). The summed E-state index contributed by atoms with van der Waals surface area (Å²) in [5.41, 5.74) is -5.68. The number of halogens is 6. The fraction of sp³-hybridized carbons (Fsp3) is 0.235. The lowest BCUT2D eigenvalue weighted by molar-refractivity contribution is -0.274. The SMILES string of the molecule is [B]C([B])(O)Oc1cc(OC(F)(F)F)ccc1Oc1ccc(C(F)(F)F)c(C)c1C(=O)O. The topological polar surface area (TPSA) is 85.2 Å². The lowest BCUT2D eigenvalue weighted by Crippen LogP contribution is -2.36. The van der Waals surface area contributed by atoms with Gasteiger partial charge in [-0.25, -0.2) is 4.79 Å². The molecule has 2 aromatic carbocycles. The van der Waals surface area contributed by atoms with Crippen molar-refractivity contribution in [3.8, 4) is 23.0 Å². The second-order valence-corrected chi connectivity index (χ2v) is 6.03. The van der Waals surface area contributed by atoms with Gasteiger partial charge in [-0.1, -0.05) is 0 Å². The van der Waals surface area contributed by atoms with Gasteiger partial charge in [-0.15, -0.1) is 13.2 Å². The summed E-state index contributed by atoms with van der Waals surface area (Å²) in [4.78, 5) is 11.5. The minimum atomic E-state index is -5.09. The first-order chi connectivity index (χ1) is 14.0. The van der Waals surface area contributed by atoms with Gasteiger partial charge in [-0.3, -0.25) is 0 Å². The molecule has 0 aliphatic rings. The second-order valence-electron chi connectivity index (χ2n) is 6.03. The summed E-state index contributed by atoms with van der Waals surface area (Å²) < 4.78 is 90.1. The zero-order valence-corrected chi connectivity index (χ0v) is 15.3. The Morgan fingerprint density at radius 1 is 0.935 bits per heavy atom. The second kappa shape index (κ2) is 8.25. The number of aliphatic hydroxyl groups is 1. The molecule has 0 fully saturated rings. The summed E-state index contributed by atoms with van der Waals surface area (Å²) in [5, 5.41) is 18.7. The number of rotatable bonds is 6. The fourth-order valence-electron chi connectivity index (χ4n) is 2.49. The third-order valence-electron chi connectivity index (χ3n) is 3.59. The fourth-order valence-corrected chi connectivity index (χ4v) is 2.49. The maximum absolute atomic E-state index is 13.1. The Bertz CT molecular complexity index is 985. The molecule has 31 heavy (non-hydrogen) atoms. The number of ether oxygens (including phenoxy) is 3. The van der Waals surface area contributed by atoms with Crippen molar-refractivity contribution in [1.29, 1.82) is 0 Å². The van der Waals surface area contributed by atoms with Crippen molar-refractivity contribution in [2.45, 2.75) is 25.0 Å². The number of hydrogen-bond donors (Lipinski definition) is 2. The molecule has 0 amide bonds. The van der Waals surface area contributed by atoms with Crippen LogP contribution in [-0.2, 0) is 6.18 Å². The highest BCUT2D eigenvalue weighted by molar-refractivity contribution is 6.37. The average molecular weight is 446 g/mol. The molecule has 0 aliphatic carbocycles. The van der Waals surface area contributed by atoms with Gasteiger partial charge in [0.25, 0.3) is 0 Å². The van der Waals surface area contributed by atoms with Crippen LogP contribution in [0.3, 0.4) is 0 Å². The Labute approximate surface area is 173 Å². The molecule has 0 spiro atoms. The monoisotopic (exact) mass is 446 g/mol. The molecule has 0 heterocycles. The third kappa shape index (κ3) is 6.48. The van der Waals surface area contributed by atoms with Gasteiger partial charge in [0.2, 0.25) is 0 Å². The summed E-state index contributed by atoms with van der Waals surface area (Å²) >= 11 is 0. The summed E-state index contributed by atoms with van der Waals surface area (Å²) in [7, 11) is 10.1. The van der Waals surface area contributed by atoms with Crippen LogP contribution >= 0.6 is 0 Å². The van der Waals surface area contributed by atoms with Crippen LogP contribution < -0.4 is 14.2 Å². The van der Waals surface area contributed by atoms with Crippen molar-refractivity contribution >= 4 is 21.7 Å². The van der Waals surface area contributed by atoms with E-state index in [1.807, 2.05) is 0 Å². The molecule has 2 N–H and O–H groups in total. The van der Waals surface area contributed by atoms with E-state index in [-0.39, 0.29) is 0 Å². The Balaban J connectivity index is 2.56. The number of alkyl halides is 6. The van der Waals surface area contributed by atoms with E-state index in [1.54, 1.807) is 0 Å². The van der Waals surface area contributed by atoms with Crippen LogP contribution in [0.2, 0.25) is 0 Å². The van der Waals surface area contributed by atoms with Crippen molar-refractivity contribution in [2.75, 3.05) is 0 Å². The van der Waals surface area contributed by atoms with Crippen LogP contribution in [0.1, 0.15) is 21.5 Å². The Kier molecular flexibility index (Phi) is 6.45. The molecule has 162 valence electrons. The van der Waals surface area contributed by atoms with E-state index in [0.717, 1.165) is 19.1 Å². The highest BCUT2D eigenvalue weighted by Crippen LogP contribution is 2.41. The summed E-state index contributed by atoms with van der Waals surface area (Å²) in [6, 6.07) is 3.35. The predicted molar refractivity (Wildman–Crippen MR) is 93.4 cm³/mol. The molecular formula is C17H10B2F6O6. The molecule has 0 unspecified atom stereocenters. The molecule has 0 saturated carbocycles. The van der Waals surface area contributed by atoms with Gasteiger partial charge in [-0.2, -0.15) is 13.2 Å². The molecular weight excluding hydrogens is 436 g/mol. The van der Waals surface area contributed by atoms with Gasteiger partial charge in [0.05, 0.1) is 5.56 Å². The van der Waals surface area contributed by atoms with Gasteiger partial charge >= 0.3 is 18.5 Å². The molecule has 0 bridgehead atoms. The summed E-state index contributed by atoms with van der Waals surface area (Å²) in [6.45, 7) is 0.898. The highest BCUT2D eigenvalue weighted by atomic mass is 19.4. The Morgan fingerprint density at radius 3 is 2.00 bits per heavy atom. The predicted octanol–water partition coefficient (Wildman–Crippen LogP) is 3.72. The molecule has 14 heteroatoms. The third-order valence-corrected chi connectivity index (χ3v) is 3.59. The van der Waals surface area contributed by atoms with E-state index in [0.29, 0.717) is 18.2 Å². The lowest BCUT2D eigenvalue weighted by Gasteiger charge is -2.24. The number of carboxylic acid groups (broad SMARTS) is 1. The first kappa shape index (κ1) is 24.3. The van der Waals surface area contributed by atoms with Crippen molar-refractivity contribution < 1.29 is 55.6 Å². The average Bonchev–Trinajstić information content (AvgIpc) is 2.52. The molecule has 2 rings (SSSR count). The van der Waals surface area contributed by atoms with Crippen molar-refractivity contribution in [2.24, 2.45) is 0 Å². The van der Waals surface area contributed by atoms with E-state index in [2.05, 4.69) is 9.47 Å². The van der Waals surface area contributed by atoms with Crippen LogP contribution in [0, 0.1) is 6.92 Å². The summed E-state index contributed by atoms with van der Waals surface area (Å²) in [6.07, 6.45) is -9.95. The Morgan fingerprint density at radius 2 is 1.52 bits per heavy atom. The summed E-state index contributed by atoms with van der Waals surface area (Å²) in [5.74, 6) is -4.49. The van der Waals surface area contributed by atoms with Crippen LogP contribution in [0.5, 0.6) is 23.0 Å². The zero-order chi connectivity index (χ0) is 23.8. The highest BCUT2D eigenvalue weighted by Gasteiger charge is 2.35. The van der Waals surface area contributed by atoms with Gasteiger partial charge in [-0.05, 0) is 36.8 Å². The first-order valence-corrected chi connectivity index (χ1v) is 7.99. The van der Waals surface area contributed by atoms with Crippen LogP contribution in [0.4, 0.5) is 26.3 Å². The van der Waals surface area contributed by atoms with Crippen molar-refractivity contribution in [1.82, 2.24) is 0 Å². The molecule has 0 atom stereocenters. The van der Waals surface area contributed by atoms with E-state index in [4.69, 9.17) is 20.4 Å². The quantitative estimate of drug-likeness (QED) is 0.400. The number of hydrogen-bond acceptors (Lipinski definition) is 5. The number of carboxylic acids is 1. The van der Waals surface area contributed by atoms with Gasteiger partial charge in [0.1, 0.15) is 22.6 Å². The zero-order valence-electron chi connectivity index (χ0n) is 15.3. The van der Waals surface area contributed by atoms with Crippen molar-refractivity contribution in [3.63, 3.8) is 0 Å². The smallest absolute Gasteiger partial charge is 0.478 e. The molecule has 0 aromatic heterocycles. The minimum Gasteiger partial charge on any atom is -0.478 e. The largest absolute Gasteiger partial charge is 0.573 e. The van der Waals surface area contributed by atoms with Gasteiger partial charge in [0.15, 0.2) is 27.2 Å². The maximum Gasteiger partial charge on any atom is 0.573 e. The number of aromatic carboxylic acids is 1.